The number of anilines is 1. The summed E-state index contributed by atoms with van der Waals surface area (Å²) >= 11 is 0. The molecule has 9 heteroatoms. The van der Waals surface area contributed by atoms with Crippen molar-refractivity contribution in [2.45, 2.75) is 24.8 Å². The van der Waals surface area contributed by atoms with Crippen molar-refractivity contribution in [1.82, 2.24) is 5.01 Å². The lowest BCUT2D eigenvalue weighted by Crippen LogP contribution is -2.39. The average Bonchev–Trinajstić information content (AvgIpc) is 3.16. The largest absolute Gasteiger partial charge is 0.416 e. The molecule has 0 bridgehead atoms. The molecule has 4 rings (SSSR count). The summed E-state index contributed by atoms with van der Waals surface area (Å²) in [6.45, 7) is -0.0593. The molecule has 2 aliphatic rings. The summed E-state index contributed by atoms with van der Waals surface area (Å²) in [5, 5.41) is 8.98. The molecule has 2 aliphatic heterocycles. The highest BCUT2D eigenvalue weighted by Gasteiger charge is 2.54. The number of imide groups is 1. The Morgan fingerprint density at radius 3 is 2.41 bits per heavy atom. The van der Waals surface area contributed by atoms with E-state index in [1.165, 1.54) is 17.1 Å². The Bertz CT molecular complexity index is 930. The standard InChI is InChI=1S/C18H13F3N4O2/c19-18(20,21)12-6-4-5-11(9-12)10-24-15-14(22-23-24)16(26)25(17(15)27)13-7-2-1-3-8-13/h1-9,14-15H,10H2/t14-,15+/m0/s1. The number of hydrogen-bond acceptors (Lipinski definition) is 5. The Morgan fingerprint density at radius 1 is 0.963 bits per heavy atom. The van der Waals surface area contributed by atoms with E-state index in [1.54, 1.807) is 30.3 Å². The van der Waals surface area contributed by atoms with Crippen LogP contribution in [0.1, 0.15) is 11.1 Å². The van der Waals surface area contributed by atoms with Crippen molar-refractivity contribution in [3.8, 4) is 0 Å². The Kier molecular flexibility index (Phi) is 3.94. The van der Waals surface area contributed by atoms with E-state index in [1.807, 2.05) is 0 Å². The second-order valence-corrected chi connectivity index (χ2v) is 6.24. The first kappa shape index (κ1) is 17.2. The number of fused-ring (bicyclic) bond motifs is 1. The van der Waals surface area contributed by atoms with Crippen LogP contribution in [-0.4, -0.2) is 28.9 Å². The third-order valence-electron chi connectivity index (χ3n) is 4.47. The van der Waals surface area contributed by atoms with Gasteiger partial charge in [-0.25, -0.2) is 4.90 Å². The van der Waals surface area contributed by atoms with E-state index in [2.05, 4.69) is 10.3 Å². The van der Waals surface area contributed by atoms with E-state index in [0.29, 0.717) is 11.3 Å². The Hall–Kier alpha value is -3.23. The Morgan fingerprint density at radius 2 is 1.70 bits per heavy atom. The molecule has 2 atom stereocenters. The normalized spacial score (nSPS) is 21.9. The maximum Gasteiger partial charge on any atom is 0.416 e. The maximum absolute atomic E-state index is 12.9. The first-order valence-corrected chi connectivity index (χ1v) is 8.12. The van der Waals surface area contributed by atoms with E-state index >= 15 is 0 Å². The summed E-state index contributed by atoms with van der Waals surface area (Å²) in [6, 6.07) is 11.3. The van der Waals surface area contributed by atoms with E-state index in [-0.39, 0.29) is 6.54 Å². The number of carbonyl (C=O) groups is 2. The van der Waals surface area contributed by atoms with E-state index in [0.717, 1.165) is 17.0 Å². The van der Waals surface area contributed by atoms with Crippen molar-refractivity contribution < 1.29 is 22.8 Å². The lowest BCUT2D eigenvalue weighted by molar-refractivity contribution is -0.137. The molecule has 0 radical (unpaired) electrons. The number of hydrogen-bond donors (Lipinski definition) is 0. The minimum absolute atomic E-state index is 0.0593. The maximum atomic E-state index is 12.9. The molecule has 0 aliphatic carbocycles. The number of alkyl halides is 3. The lowest BCUT2D eigenvalue weighted by Gasteiger charge is -2.21. The minimum atomic E-state index is -4.46. The third-order valence-corrected chi connectivity index (χ3v) is 4.47. The smallest absolute Gasteiger partial charge is 0.271 e. The monoisotopic (exact) mass is 374 g/mol. The van der Waals surface area contributed by atoms with Crippen LogP contribution < -0.4 is 4.90 Å². The topological polar surface area (TPSA) is 65.3 Å². The second kappa shape index (κ2) is 6.19. The van der Waals surface area contributed by atoms with Gasteiger partial charge < -0.3 is 0 Å². The number of halogens is 3. The summed E-state index contributed by atoms with van der Waals surface area (Å²) in [6.07, 6.45) is -4.46. The Labute approximate surface area is 151 Å². The van der Waals surface area contributed by atoms with Crippen molar-refractivity contribution in [3.63, 3.8) is 0 Å². The summed E-state index contributed by atoms with van der Waals surface area (Å²) < 4.78 is 38.7. The summed E-state index contributed by atoms with van der Waals surface area (Å²) in [7, 11) is 0. The van der Waals surface area contributed by atoms with Crippen molar-refractivity contribution in [3.05, 3.63) is 65.7 Å². The van der Waals surface area contributed by atoms with Crippen molar-refractivity contribution in [2.75, 3.05) is 4.90 Å². The number of para-hydroxylation sites is 1. The second-order valence-electron chi connectivity index (χ2n) is 6.24. The zero-order chi connectivity index (χ0) is 19.2. The molecule has 1 fully saturated rings. The molecule has 27 heavy (non-hydrogen) atoms. The van der Waals surface area contributed by atoms with Gasteiger partial charge in [-0.1, -0.05) is 35.6 Å². The molecule has 0 N–H and O–H groups in total. The highest BCUT2D eigenvalue weighted by molar-refractivity contribution is 6.25. The van der Waals surface area contributed by atoms with E-state index < -0.39 is 35.6 Å². The number of nitrogens with zero attached hydrogens (tertiary/aromatic N) is 4. The molecule has 2 aromatic rings. The van der Waals surface area contributed by atoms with Gasteiger partial charge in [0.15, 0.2) is 12.1 Å². The summed E-state index contributed by atoms with van der Waals surface area (Å²) in [5.74, 6) is -0.986. The summed E-state index contributed by atoms with van der Waals surface area (Å²) in [4.78, 5) is 26.4. The molecule has 2 aromatic carbocycles. The highest BCUT2D eigenvalue weighted by atomic mass is 19.4. The number of carbonyl (C=O) groups excluding carboxylic acids is 2. The van der Waals surface area contributed by atoms with Crippen LogP contribution in [-0.2, 0) is 22.3 Å². The molecule has 138 valence electrons. The summed E-state index contributed by atoms with van der Waals surface area (Å²) in [5.41, 5.74) is -0.0358. The van der Waals surface area contributed by atoms with Crippen LogP contribution in [0.3, 0.4) is 0 Å². The van der Waals surface area contributed by atoms with Gasteiger partial charge in [0.05, 0.1) is 17.8 Å². The van der Waals surface area contributed by atoms with Crippen LogP contribution in [0.25, 0.3) is 0 Å². The minimum Gasteiger partial charge on any atom is -0.271 e. The number of amides is 2. The van der Waals surface area contributed by atoms with Gasteiger partial charge in [0.2, 0.25) is 0 Å². The molecule has 0 saturated carbocycles. The number of rotatable bonds is 3. The van der Waals surface area contributed by atoms with Crippen LogP contribution >= 0.6 is 0 Å². The van der Waals surface area contributed by atoms with Crippen LogP contribution in [0, 0.1) is 0 Å². The fourth-order valence-corrected chi connectivity index (χ4v) is 3.22. The lowest BCUT2D eigenvalue weighted by atomic mass is 10.1. The SMILES string of the molecule is O=C1[C@H]2N=NN(Cc3cccc(C(F)(F)F)c3)[C@H]2C(=O)N1c1ccccc1. The van der Waals surface area contributed by atoms with Crippen molar-refractivity contribution in [2.24, 2.45) is 10.3 Å². The molecule has 2 heterocycles. The van der Waals surface area contributed by atoms with Crippen LogP contribution in [0.4, 0.5) is 18.9 Å². The predicted octanol–water partition coefficient (Wildman–Crippen LogP) is 3.20. The van der Waals surface area contributed by atoms with Gasteiger partial charge in [-0.2, -0.15) is 18.3 Å². The van der Waals surface area contributed by atoms with E-state index in [4.69, 9.17) is 0 Å². The van der Waals surface area contributed by atoms with Gasteiger partial charge in [0, 0.05) is 0 Å². The van der Waals surface area contributed by atoms with Gasteiger partial charge in [0.25, 0.3) is 11.8 Å². The van der Waals surface area contributed by atoms with Gasteiger partial charge in [-0.05, 0) is 29.8 Å². The molecular weight excluding hydrogens is 361 g/mol. The molecule has 0 spiro atoms. The quantitative estimate of drug-likeness (QED) is 0.775. The van der Waals surface area contributed by atoms with Crippen LogP contribution in [0.15, 0.2) is 64.9 Å². The van der Waals surface area contributed by atoms with E-state index in [9.17, 15) is 22.8 Å². The van der Waals surface area contributed by atoms with Crippen LogP contribution in [0.5, 0.6) is 0 Å². The molecule has 2 amide bonds. The molecule has 1 saturated heterocycles. The highest BCUT2D eigenvalue weighted by Crippen LogP contribution is 2.34. The van der Waals surface area contributed by atoms with Crippen molar-refractivity contribution in [1.29, 1.82) is 0 Å². The molecule has 6 nitrogen and oxygen atoms in total. The zero-order valence-corrected chi connectivity index (χ0v) is 13.8. The first-order valence-electron chi connectivity index (χ1n) is 8.12. The first-order chi connectivity index (χ1) is 12.9. The number of benzene rings is 2. The fourth-order valence-electron chi connectivity index (χ4n) is 3.22. The third kappa shape index (κ3) is 2.94. The van der Waals surface area contributed by atoms with Crippen LogP contribution in [0.2, 0.25) is 0 Å². The molecule has 0 aromatic heterocycles. The van der Waals surface area contributed by atoms with Crippen molar-refractivity contribution >= 4 is 17.5 Å². The van der Waals surface area contributed by atoms with Gasteiger partial charge in [-0.15, -0.1) is 0 Å². The predicted molar refractivity (Wildman–Crippen MR) is 88.4 cm³/mol. The van der Waals surface area contributed by atoms with Gasteiger partial charge in [0.1, 0.15) is 0 Å². The average molecular weight is 374 g/mol. The van der Waals surface area contributed by atoms with Gasteiger partial charge in [-0.3, -0.25) is 14.6 Å². The Balaban J connectivity index is 1.58. The molecule has 0 unspecified atom stereocenters. The van der Waals surface area contributed by atoms with Gasteiger partial charge >= 0.3 is 6.18 Å². The molecular formula is C18H13F3N4O2. The fraction of sp³-hybridized carbons (Fsp3) is 0.222. The zero-order valence-electron chi connectivity index (χ0n) is 13.8.